The van der Waals surface area contributed by atoms with E-state index in [1.165, 1.54) is 11.1 Å². The maximum atomic E-state index is 9.15. The van der Waals surface area contributed by atoms with Crippen molar-refractivity contribution in [2.45, 2.75) is 20.3 Å². The molecule has 0 bridgehead atoms. The van der Waals surface area contributed by atoms with E-state index < -0.39 is 0 Å². The number of aliphatic hydroxyl groups excluding tert-OH is 1. The van der Waals surface area contributed by atoms with E-state index in [9.17, 15) is 0 Å². The summed E-state index contributed by atoms with van der Waals surface area (Å²) in [5, 5.41) is 9.98. The topological polar surface area (TPSA) is 23.5 Å². The molecule has 1 fully saturated rings. The van der Waals surface area contributed by atoms with Gasteiger partial charge in [-0.15, -0.1) is 0 Å². The summed E-state index contributed by atoms with van der Waals surface area (Å²) >= 11 is 6.30. The van der Waals surface area contributed by atoms with Gasteiger partial charge in [-0.25, -0.2) is 0 Å². The van der Waals surface area contributed by atoms with Gasteiger partial charge in [0.1, 0.15) is 0 Å². The van der Waals surface area contributed by atoms with E-state index in [2.05, 4.69) is 24.8 Å². The first kappa shape index (κ1) is 11.7. The van der Waals surface area contributed by atoms with Gasteiger partial charge >= 0.3 is 0 Å². The zero-order valence-electron chi connectivity index (χ0n) is 9.83. The molecular weight excluding hydrogens is 222 g/mol. The van der Waals surface area contributed by atoms with Gasteiger partial charge in [-0.2, -0.15) is 0 Å². The number of hydrogen-bond donors (Lipinski definition) is 1. The first-order chi connectivity index (χ1) is 7.61. The average molecular weight is 240 g/mol. The Kier molecular flexibility index (Phi) is 3.41. The second-order valence-corrected chi connectivity index (χ2v) is 5.10. The van der Waals surface area contributed by atoms with Crippen LogP contribution in [-0.2, 0) is 0 Å². The van der Waals surface area contributed by atoms with Gasteiger partial charge in [0.25, 0.3) is 0 Å². The fraction of sp³-hybridized carbons (Fsp3) is 0.538. The summed E-state index contributed by atoms with van der Waals surface area (Å²) in [5.41, 5.74) is 3.57. The summed E-state index contributed by atoms with van der Waals surface area (Å²) in [5.74, 6) is 0.400. The van der Waals surface area contributed by atoms with Gasteiger partial charge in [-0.1, -0.05) is 17.7 Å². The summed E-state index contributed by atoms with van der Waals surface area (Å²) in [7, 11) is 0. The molecule has 1 aliphatic heterocycles. The molecule has 0 spiro atoms. The highest BCUT2D eigenvalue weighted by Crippen LogP contribution is 2.34. The lowest BCUT2D eigenvalue weighted by Crippen LogP contribution is -2.21. The smallest absolute Gasteiger partial charge is 0.0644 e. The Hall–Kier alpha value is -0.730. The van der Waals surface area contributed by atoms with Gasteiger partial charge in [0.2, 0.25) is 0 Å². The number of aryl methyl sites for hydroxylation is 2. The highest BCUT2D eigenvalue weighted by atomic mass is 35.5. The monoisotopic (exact) mass is 239 g/mol. The van der Waals surface area contributed by atoms with Crippen LogP contribution in [0.25, 0.3) is 0 Å². The van der Waals surface area contributed by atoms with Gasteiger partial charge in [-0.05, 0) is 37.5 Å². The van der Waals surface area contributed by atoms with Crippen LogP contribution in [0.5, 0.6) is 0 Å². The minimum Gasteiger partial charge on any atom is -0.396 e. The third-order valence-electron chi connectivity index (χ3n) is 3.26. The van der Waals surface area contributed by atoms with Gasteiger partial charge in [0.05, 0.1) is 10.7 Å². The summed E-state index contributed by atoms with van der Waals surface area (Å²) in [6.45, 7) is 6.34. The van der Waals surface area contributed by atoms with Crippen molar-refractivity contribution < 1.29 is 5.11 Å². The zero-order valence-corrected chi connectivity index (χ0v) is 10.6. The average Bonchev–Trinajstić information content (AvgIpc) is 2.64. The molecule has 0 radical (unpaired) electrons. The Bertz CT molecular complexity index is 369. The molecule has 1 aromatic carbocycles. The second kappa shape index (κ2) is 4.64. The van der Waals surface area contributed by atoms with Gasteiger partial charge in [0.15, 0.2) is 0 Å². The highest BCUT2D eigenvalue weighted by Gasteiger charge is 2.24. The lowest BCUT2D eigenvalue weighted by atomic mass is 10.1. The van der Waals surface area contributed by atoms with Crippen LogP contribution in [0.4, 0.5) is 5.69 Å². The fourth-order valence-electron chi connectivity index (χ4n) is 2.49. The molecule has 1 saturated heterocycles. The van der Waals surface area contributed by atoms with Crippen LogP contribution in [0.2, 0.25) is 5.02 Å². The number of halogens is 1. The molecule has 3 heteroatoms. The Labute approximate surface area is 102 Å². The summed E-state index contributed by atoms with van der Waals surface area (Å²) in [4.78, 5) is 2.29. The van der Waals surface area contributed by atoms with Crippen LogP contribution in [0.3, 0.4) is 0 Å². The number of benzene rings is 1. The van der Waals surface area contributed by atoms with Gasteiger partial charge in [0, 0.05) is 25.6 Å². The SMILES string of the molecule is Cc1cc(C)c(N2CCC(CO)C2)c(Cl)c1. The molecular formula is C13H18ClNO. The maximum absolute atomic E-state index is 9.15. The third-order valence-corrected chi connectivity index (χ3v) is 3.55. The standard InChI is InChI=1S/C13H18ClNO/c1-9-5-10(2)13(12(14)6-9)15-4-3-11(7-15)8-16/h5-6,11,16H,3-4,7-8H2,1-2H3. The van der Waals surface area contributed by atoms with Crippen LogP contribution in [0, 0.1) is 19.8 Å². The third kappa shape index (κ3) is 2.18. The predicted octanol–water partition coefficient (Wildman–Crippen LogP) is 2.78. The van der Waals surface area contributed by atoms with Crippen molar-refractivity contribution in [2.75, 3.05) is 24.6 Å². The van der Waals surface area contributed by atoms with Crippen LogP contribution in [0.15, 0.2) is 12.1 Å². The molecule has 1 atom stereocenters. The highest BCUT2D eigenvalue weighted by molar-refractivity contribution is 6.33. The molecule has 1 heterocycles. The summed E-state index contributed by atoms with van der Waals surface area (Å²) in [6.07, 6.45) is 1.06. The lowest BCUT2D eigenvalue weighted by Gasteiger charge is -2.22. The van der Waals surface area contributed by atoms with E-state index in [1.54, 1.807) is 0 Å². The van der Waals surface area contributed by atoms with Crippen molar-refractivity contribution in [3.8, 4) is 0 Å². The van der Waals surface area contributed by atoms with E-state index in [0.717, 1.165) is 30.2 Å². The van der Waals surface area contributed by atoms with Crippen LogP contribution >= 0.6 is 11.6 Å². The minimum absolute atomic E-state index is 0.277. The Morgan fingerprint density at radius 1 is 1.44 bits per heavy atom. The van der Waals surface area contributed by atoms with Crippen molar-refractivity contribution in [3.05, 3.63) is 28.3 Å². The van der Waals surface area contributed by atoms with Crippen molar-refractivity contribution >= 4 is 17.3 Å². The van der Waals surface area contributed by atoms with Crippen molar-refractivity contribution in [2.24, 2.45) is 5.92 Å². The Morgan fingerprint density at radius 3 is 2.75 bits per heavy atom. The Morgan fingerprint density at radius 2 is 2.19 bits per heavy atom. The van der Waals surface area contributed by atoms with Crippen molar-refractivity contribution in [3.63, 3.8) is 0 Å². The number of nitrogens with zero attached hydrogens (tertiary/aromatic N) is 1. The molecule has 1 N–H and O–H groups in total. The minimum atomic E-state index is 0.277. The second-order valence-electron chi connectivity index (χ2n) is 4.70. The normalized spacial score (nSPS) is 20.5. The first-order valence-corrected chi connectivity index (χ1v) is 6.12. The van der Waals surface area contributed by atoms with Crippen molar-refractivity contribution in [1.82, 2.24) is 0 Å². The molecule has 0 aliphatic carbocycles. The quantitative estimate of drug-likeness (QED) is 0.858. The van der Waals surface area contributed by atoms with Crippen LogP contribution < -0.4 is 4.90 Å². The summed E-state index contributed by atoms with van der Waals surface area (Å²) < 4.78 is 0. The first-order valence-electron chi connectivity index (χ1n) is 5.74. The lowest BCUT2D eigenvalue weighted by molar-refractivity contribution is 0.238. The van der Waals surface area contributed by atoms with Crippen molar-refractivity contribution in [1.29, 1.82) is 0 Å². The molecule has 0 saturated carbocycles. The number of aliphatic hydroxyl groups is 1. The summed E-state index contributed by atoms with van der Waals surface area (Å²) in [6, 6.07) is 4.17. The molecule has 0 amide bonds. The molecule has 1 aromatic rings. The molecule has 2 nitrogen and oxygen atoms in total. The molecule has 1 unspecified atom stereocenters. The zero-order chi connectivity index (χ0) is 11.7. The van der Waals surface area contributed by atoms with Crippen LogP contribution in [0.1, 0.15) is 17.5 Å². The molecule has 0 aromatic heterocycles. The number of hydrogen-bond acceptors (Lipinski definition) is 2. The van der Waals surface area contributed by atoms with Crippen LogP contribution in [-0.4, -0.2) is 24.8 Å². The van der Waals surface area contributed by atoms with E-state index >= 15 is 0 Å². The molecule has 16 heavy (non-hydrogen) atoms. The molecule has 2 rings (SSSR count). The van der Waals surface area contributed by atoms with E-state index in [4.69, 9.17) is 16.7 Å². The van der Waals surface area contributed by atoms with E-state index in [1.807, 2.05) is 6.07 Å². The number of anilines is 1. The van der Waals surface area contributed by atoms with E-state index in [-0.39, 0.29) is 6.61 Å². The largest absolute Gasteiger partial charge is 0.396 e. The maximum Gasteiger partial charge on any atom is 0.0644 e. The molecule has 88 valence electrons. The van der Waals surface area contributed by atoms with Gasteiger partial charge < -0.3 is 10.0 Å². The number of rotatable bonds is 2. The Balaban J connectivity index is 2.28. The predicted molar refractivity (Wildman–Crippen MR) is 68.3 cm³/mol. The molecule has 1 aliphatic rings. The fourth-order valence-corrected chi connectivity index (χ4v) is 2.93. The van der Waals surface area contributed by atoms with Gasteiger partial charge in [-0.3, -0.25) is 0 Å². The van der Waals surface area contributed by atoms with E-state index in [0.29, 0.717) is 5.92 Å².